The van der Waals surface area contributed by atoms with E-state index in [4.69, 9.17) is 23.1 Å². The smallest absolute Gasteiger partial charge is 0.243 e. The summed E-state index contributed by atoms with van der Waals surface area (Å²) in [6, 6.07) is 18.7. The topological polar surface area (TPSA) is 251 Å². The molecule has 0 aliphatic carbocycles. The van der Waals surface area contributed by atoms with Gasteiger partial charge >= 0.3 is 0 Å². The van der Waals surface area contributed by atoms with E-state index in [0.29, 0.717) is 42.0 Å². The monoisotopic (exact) mass is 908 g/mol. The molecule has 16 heteroatoms. The summed E-state index contributed by atoms with van der Waals surface area (Å²) in [6.07, 6.45) is 0.771. The van der Waals surface area contributed by atoms with E-state index in [1.165, 1.54) is 63.1 Å². The third kappa shape index (κ3) is 12.9. The quantitative estimate of drug-likeness (QED) is 0.0561. The number of carbonyl (C=O) groups excluding carboxylic acids is 7. The summed E-state index contributed by atoms with van der Waals surface area (Å²) >= 11 is 6.06. The normalized spacial score (nSPS) is 17.7. The van der Waals surface area contributed by atoms with Gasteiger partial charge in [-0.05, 0) is 91.9 Å². The fourth-order valence-corrected chi connectivity index (χ4v) is 7.88. The minimum Gasteiger partial charge on any atom is -0.507 e. The average Bonchev–Trinajstić information content (AvgIpc) is 3.28. The Balaban J connectivity index is 1.46. The van der Waals surface area contributed by atoms with Crippen molar-refractivity contribution in [2.45, 2.75) is 83.5 Å². The van der Waals surface area contributed by atoms with Gasteiger partial charge in [0.1, 0.15) is 23.6 Å². The SMILES string of the molecule is C[C@@H]1CC(=O)[C@@H](N(C)C(=O)[C@H](CCCCN)CC(=O)c2ccc(-c3ccc(Cl)cc3)cc2)c2ccc(O)c(c2)-c2cc(ccc2O)C[C@@H](C(=O)N[C@@H](C)C(=O)CN[C@@H](C)C(N)=O)NC1=O. The largest absolute Gasteiger partial charge is 0.507 e. The fourth-order valence-electron chi connectivity index (χ4n) is 7.75. The zero-order valence-electron chi connectivity index (χ0n) is 36.9. The molecule has 4 bridgehead atoms. The van der Waals surface area contributed by atoms with Gasteiger partial charge in [0.2, 0.25) is 23.6 Å². The predicted octanol–water partition coefficient (Wildman–Crippen LogP) is 4.78. The molecule has 1 heterocycles. The molecule has 4 aromatic rings. The van der Waals surface area contributed by atoms with Gasteiger partial charge in [0, 0.05) is 59.9 Å². The summed E-state index contributed by atoms with van der Waals surface area (Å²) in [5, 5.41) is 30.9. The van der Waals surface area contributed by atoms with Gasteiger partial charge in [-0.25, -0.2) is 0 Å². The van der Waals surface area contributed by atoms with Crippen LogP contribution in [0.5, 0.6) is 11.5 Å². The number of nitrogens with one attached hydrogen (secondary N) is 3. The number of nitrogens with two attached hydrogens (primary N) is 2. The number of aromatic hydroxyl groups is 2. The number of hydrogen-bond donors (Lipinski definition) is 7. The Labute approximate surface area is 383 Å². The number of amides is 4. The molecule has 344 valence electrons. The van der Waals surface area contributed by atoms with Crippen molar-refractivity contribution in [3.63, 3.8) is 0 Å². The predicted molar refractivity (Wildman–Crippen MR) is 247 cm³/mol. The number of benzene rings is 4. The van der Waals surface area contributed by atoms with Gasteiger partial charge in [-0.15, -0.1) is 0 Å². The number of ketones is 3. The van der Waals surface area contributed by atoms with Crippen molar-refractivity contribution in [3.05, 3.63) is 107 Å². The third-order valence-electron chi connectivity index (χ3n) is 11.8. The highest BCUT2D eigenvalue weighted by atomic mass is 35.5. The molecular formula is C49H57ClN6O9. The van der Waals surface area contributed by atoms with Gasteiger partial charge in [-0.1, -0.05) is 73.5 Å². The average molecular weight is 909 g/mol. The molecule has 0 spiro atoms. The lowest BCUT2D eigenvalue weighted by Crippen LogP contribution is -2.54. The number of unbranched alkanes of at least 4 members (excludes halogenated alkanes) is 1. The second-order valence-corrected chi connectivity index (χ2v) is 17.1. The number of fused-ring (bicyclic) bond motifs is 5. The van der Waals surface area contributed by atoms with Crippen molar-refractivity contribution >= 4 is 52.6 Å². The van der Waals surface area contributed by atoms with Crippen molar-refractivity contribution in [1.82, 2.24) is 20.9 Å². The Bertz CT molecular complexity index is 2410. The van der Waals surface area contributed by atoms with Crippen LogP contribution in [0.3, 0.4) is 0 Å². The van der Waals surface area contributed by atoms with Crippen LogP contribution in [-0.2, 0) is 35.2 Å². The van der Waals surface area contributed by atoms with Crippen molar-refractivity contribution in [1.29, 1.82) is 0 Å². The zero-order chi connectivity index (χ0) is 47.5. The Hall–Kier alpha value is -6.42. The van der Waals surface area contributed by atoms with Gasteiger partial charge < -0.3 is 37.2 Å². The summed E-state index contributed by atoms with van der Waals surface area (Å²) in [5.41, 5.74) is 14.3. The van der Waals surface area contributed by atoms with Crippen LogP contribution < -0.4 is 27.4 Å². The fraction of sp³-hybridized carbons (Fsp3) is 0.367. The molecule has 1 aliphatic heterocycles. The van der Waals surface area contributed by atoms with E-state index in [1.54, 1.807) is 30.3 Å². The maximum absolute atomic E-state index is 14.7. The first-order valence-corrected chi connectivity index (χ1v) is 22.0. The molecule has 1 aliphatic rings. The number of primary amides is 1. The highest BCUT2D eigenvalue weighted by Gasteiger charge is 2.36. The maximum atomic E-state index is 14.7. The summed E-state index contributed by atoms with van der Waals surface area (Å²) in [7, 11) is 1.46. The van der Waals surface area contributed by atoms with E-state index in [-0.39, 0.29) is 59.8 Å². The second kappa shape index (κ2) is 22.5. The minimum absolute atomic E-state index is 0.111. The second-order valence-electron chi connectivity index (χ2n) is 16.7. The van der Waals surface area contributed by atoms with Crippen LogP contribution in [0, 0.1) is 11.8 Å². The van der Waals surface area contributed by atoms with Gasteiger partial charge in [-0.3, -0.25) is 38.9 Å². The van der Waals surface area contributed by atoms with Crippen molar-refractivity contribution in [2.75, 3.05) is 20.1 Å². The van der Waals surface area contributed by atoms with E-state index >= 15 is 0 Å². The summed E-state index contributed by atoms with van der Waals surface area (Å²) in [6.45, 7) is 4.56. The Kier molecular flexibility index (Phi) is 17.1. The van der Waals surface area contributed by atoms with Gasteiger partial charge in [0.25, 0.3) is 0 Å². The Morgan fingerprint density at radius 3 is 2.09 bits per heavy atom. The van der Waals surface area contributed by atoms with Crippen LogP contribution in [0.25, 0.3) is 22.3 Å². The van der Waals surface area contributed by atoms with E-state index in [1.807, 2.05) is 24.3 Å². The van der Waals surface area contributed by atoms with Gasteiger partial charge in [0.05, 0.1) is 18.6 Å². The zero-order valence-corrected chi connectivity index (χ0v) is 37.7. The number of likely N-dealkylation sites (N-methyl/N-ethyl adjacent to an activating group) is 1. The number of carbonyl (C=O) groups is 7. The molecule has 0 aromatic heterocycles. The summed E-state index contributed by atoms with van der Waals surface area (Å²) < 4.78 is 0. The van der Waals surface area contributed by atoms with Crippen LogP contribution in [-0.4, -0.2) is 94.4 Å². The number of rotatable bonds is 17. The first-order valence-electron chi connectivity index (χ1n) is 21.6. The molecule has 0 saturated carbocycles. The Morgan fingerprint density at radius 1 is 0.846 bits per heavy atom. The molecule has 4 amide bonds. The lowest BCUT2D eigenvalue weighted by atomic mass is 9.88. The highest BCUT2D eigenvalue weighted by Crippen LogP contribution is 2.40. The molecule has 65 heavy (non-hydrogen) atoms. The number of hydrogen-bond acceptors (Lipinski definition) is 11. The minimum atomic E-state index is -1.31. The van der Waals surface area contributed by atoms with E-state index in [0.717, 1.165) is 11.1 Å². The molecule has 0 unspecified atom stereocenters. The molecule has 4 aromatic carbocycles. The third-order valence-corrected chi connectivity index (χ3v) is 12.0. The van der Waals surface area contributed by atoms with Crippen molar-refractivity contribution < 1.29 is 43.8 Å². The lowest BCUT2D eigenvalue weighted by Gasteiger charge is -2.32. The molecule has 6 atom stereocenters. The van der Waals surface area contributed by atoms with Crippen LogP contribution >= 0.6 is 11.6 Å². The number of phenolic OH excluding ortho intramolecular Hbond substituents is 2. The number of nitrogens with zero attached hydrogens (tertiary/aromatic N) is 1. The standard InChI is InChI=1S/C49H57ClN6O9/c1-27-21-43(60)45(56(4)49(65)35(7-5-6-20-51)25-42(59)33-11-9-31(10-12-33)32-13-16-36(50)17-14-32)34-15-19-41(58)38(24-34)37-22-30(8-18-40(37)57)23-39(55-47(27)63)48(64)54-28(2)44(61)26-53-29(3)46(52)62/h8-19,22,24,27-29,35,39,45,53,57-58H,5-7,20-21,23,25-26,51H2,1-4H3,(H2,52,62)(H,54,64)(H,55,63)/t27-,28+,29+,35-,39+,45+/m1/s1. The summed E-state index contributed by atoms with van der Waals surface area (Å²) in [5.74, 6) is -6.17. The van der Waals surface area contributed by atoms with Crippen LogP contribution in [0.4, 0.5) is 0 Å². The van der Waals surface area contributed by atoms with Gasteiger partial charge in [0.15, 0.2) is 17.3 Å². The number of halogens is 1. The molecule has 15 nitrogen and oxygen atoms in total. The molecule has 0 radical (unpaired) electrons. The van der Waals surface area contributed by atoms with Gasteiger partial charge in [-0.2, -0.15) is 0 Å². The molecule has 5 rings (SSSR count). The van der Waals surface area contributed by atoms with E-state index in [2.05, 4.69) is 16.0 Å². The van der Waals surface area contributed by atoms with Crippen LogP contribution in [0.2, 0.25) is 5.02 Å². The van der Waals surface area contributed by atoms with Crippen LogP contribution in [0.1, 0.15) is 80.4 Å². The van der Waals surface area contributed by atoms with Crippen molar-refractivity contribution in [3.8, 4) is 33.8 Å². The number of Topliss-reactive ketones (excluding diaryl/α,β-unsaturated/α-hetero) is 3. The van der Waals surface area contributed by atoms with Crippen molar-refractivity contribution in [2.24, 2.45) is 23.3 Å². The maximum Gasteiger partial charge on any atom is 0.243 e. The Morgan fingerprint density at radius 2 is 1.46 bits per heavy atom. The van der Waals surface area contributed by atoms with E-state index in [9.17, 15) is 43.8 Å². The first kappa shape index (κ1) is 49.6. The lowest BCUT2D eigenvalue weighted by molar-refractivity contribution is -0.142. The molecule has 9 N–H and O–H groups in total. The molecule has 0 fully saturated rings. The van der Waals surface area contributed by atoms with Crippen LogP contribution in [0.15, 0.2) is 84.9 Å². The first-order chi connectivity index (χ1) is 30.9. The molecular weight excluding hydrogens is 852 g/mol. The summed E-state index contributed by atoms with van der Waals surface area (Å²) in [4.78, 5) is 96.3. The van der Waals surface area contributed by atoms with E-state index < -0.39 is 71.2 Å². The highest BCUT2D eigenvalue weighted by molar-refractivity contribution is 6.30. The molecule has 0 saturated heterocycles. The number of phenols is 2.